The van der Waals surface area contributed by atoms with Crippen molar-refractivity contribution in [1.29, 1.82) is 0 Å². The van der Waals surface area contributed by atoms with Gasteiger partial charge in [0.15, 0.2) is 0 Å². The number of carbonyl (C=O) groups is 1. The molecule has 2 rings (SSSR count). The maximum Gasteiger partial charge on any atom is 0.252 e. The lowest BCUT2D eigenvalue weighted by atomic mass is 9.94. The fraction of sp³-hybridized carbons (Fsp3) is 0.600. The van der Waals surface area contributed by atoms with Gasteiger partial charge < -0.3 is 10.4 Å². The number of nitrogens with zero attached hydrogens (tertiary/aromatic N) is 1. The first kappa shape index (κ1) is 14.0. The van der Waals surface area contributed by atoms with E-state index in [9.17, 15) is 9.90 Å². The van der Waals surface area contributed by atoms with Crippen LogP contribution in [-0.4, -0.2) is 28.1 Å². The Morgan fingerprint density at radius 1 is 1.32 bits per heavy atom. The number of hydrogen-bond donors (Lipinski definition) is 2. The zero-order valence-electron chi connectivity index (χ0n) is 11.5. The van der Waals surface area contributed by atoms with Crippen molar-refractivity contribution in [1.82, 2.24) is 10.3 Å². The molecule has 4 nitrogen and oxygen atoms in total. The van der Waals surface area contributed by atoms with Gasteiger partial charge in [0.25, 0.3) is 5.91 Å². The van der Waals surface area contributed by atoms with Crippen LogP contribution < -0.4 is 5.32 Å². The Morgan fingerprint density at radius 3 is 2.63 bits per heavy atom. The van der Waals surface area contributed by atoms with Crippen LogP contribution in [0.25, 0.3) is 0 Å². The highest BCUT2D eigenvalue weighted by molar-refractivity contribution is 5.94. The number of nitrogens with one attached hydrogen (secondary N) is 1. The maximum atomic E-state index is 12.0. The Morgan fingerprint density at radius 2 is 2.00 bits per heavy atom. The molecular weight excluding hydrogens is 240 g/mol. The molecule has 2 N–H and O–H groups in total. The van der Waals surface area contributed by atoms with Crippen LogP contribution in [0.15, 0.2) is 18.5 Å². The minimum atomic E-state index is -0.733. The van der Waals surface area contributed by atoms with E-state index in [0.717, 1.165) is 31.2 Å². The topological polar surface area (TPSA) is 62.2 Å². The van der Waals surface area contributed by atoms with Crippen molar-refractivity contribution < 1.29 is 9.90 Å². The van der Waals surface area contributed by atoms with E-state index in [1.165, 1.54) is 12.8 Å². The molecule has 1 aliphatic rings. The summed E-state index contributed by atoms with van der Waals surface area (Å²) in [4.78, 5) is 16.0. The average Bonchev–Trinajstić information content (AvgIpc) is 2.61. The molecule has 1 aliphatic carbocycles. The third-order valence-electron chi connectivity index (χ3n) is 3.75. The number of hydrogen-bond acceptors (Lipinski definition) is 3. The number of aryl methyl sites for hydroxylation is 1. The second-order valence-corrected chi connectivity index (χ2v) is 5.57. The smallest absolute Gasteiger partial charge is 0.252 e. The average molecular weight is 262 g/mol. The monoisotopic (exact) mass is 262 g/mol. The summed E-state index contributed by atoms with van der Waals surface area (Å²) in [5.74, 6) is -0.158. The largest absolute Gasteiger partial charge is 0.388 e. The van der Waals surface area contributed by atoms with Gasteiger partial charge in [0, 0.05) is 18.9 Å². The van der Waals surface area contributed by atoms with Crippen molar-refractivity contribution in [2.45, 2.75) is 51.0 Å². The van der Waals surface area contributed by atoms with Gasteiger partial charge in [0.1, 0.15) is 0 Å². The van der Waals surface area contributed by atoms with E-state index in [1.807, 2.05) is 6.92 Å². The summed E-state index contributed by atoms with van der Waals surface area (Å²) < 4.78 is 0. The first-order chi connectivity index (χ1) is 9.09. The number of rotatable bonds is 3. The van der Waals surface area contributed by atoms with Crippen molar-refractivity contribution in [2.75, 3.05) is 6.54 Å². The van der Waals surface area contributed by atoms with Crippen LogP contribution in [0.3, 0.4) is 0 Å². The molecule has 0 saturated heterocycles. The lowest BCUT2D eigenvalue weighted by Crippen LogP contribution is -2.42. The van der Waals surface area contributed by atoms with Crippen LogP contribution in [0, 0.1) is 6.92 Å². The highest BCUT2D eigenvalue weighted by Crippen LogP contribution is 2.26. The van der Waals surface area contributed by atoms with E-state index in [1.54, 1.807) is 18.5 Å². The molecule has 0 atom stereocenters. The standard InChI is InChI=1S/C15H22N2O2/c1-12-8-13(10-16-9-12)14(18)17-11-15(19)6-4-2-3-5-7-15/h8-10,19H,2-7,11H2,1H3,(H,17,18). The Kier molecular flexibility index (Phi) is 4.53. The normalized spacial score (nSPS) is 18.6. The Labute approximate surface area is 114 Å². The third-order valence-corrected chi connectivity index (χ3v) is 3.75. The minimum absolute atomic E-state index is 0.158. The highest BCUT2D eigenvalue weighted by atomic mass is 16.3. The van der Waals surface area contributed by atoms with Crippen molar-refractivity contribution in [3.8, 4) is 0 Å². The molecule has 0 spiro atoms. The summed E-state index contributed by atoms with van der Waals surface area (Å²) in [5, 5.41) is 13.3. The summed E-state index contributed by atoms with van der Waals surface area (Å²) >= 11 is 0. The predicted molar refractivity (Wildman–Crippen MR) is 74.0 cm³/mol. The van der Waals surface area contributed by atoms with Gasteiger partial charge in [-0.3, -0.25) is 9.78 Å². The van der Waals surface area contributed by atoms with E-state index in [-0.39, 0.29) is 5.91 Å². The van der Waals surface area contributed by atoms with Gasteiger partial charge in [0.05, 0.1) is 11.2 Å². The molecule has 1 saturated carbocycles. The molecular formula is C15H22N2O2. The summed E-state index contributed by atoms with van der Waals surface area (Å²) in [5.41, 5.74) is 0.779. The van der Waals surface area contributed by atoms with Crippen LogP contribution >= 0.6 is 0 Å². The molecule has 0 radical (unpaired) electrons. The number of carbonyl (C=O) groups excluding carboxylic acids is 1. The van der Waals surface area contributed by atoms with Crippen LogP contribution in [0.1, 0.15) is 54.4 Å². The first-order valence-electron chi connectivity index (χ1n) is 7.01. The predicted octanol–water partition coefficient (Wildman–Crippen LogP) is 2.21. The van der Waals surface area contributed by atoms with Crippen LogP contribution in [0.2, 0.25) is 0 Å². The summed E-state index contributed by atoms with van der Waals surface area (Å²) in [7, 11) is 0. The molecule has 1 aromatic heterocycles. The van der Waals surface area contributed by atoms with Gasteiger partial charge in [-0.25, -0.2) is 0 Å². The molecule has 1 amide bonds. The molecule has 1 aromatic rings. The number of pyridine rings is 1. The summed E-state index contributed by atoms with van der Waals surface area (Å²) in [6.07, 6.45) is 9.26. The van der Waals surface area contributed by atoms with Gasteiger partial charge in [-0.15, -0.1) is 0 Å². The van der Waals surface area contributed by atoms with Crippen molar-refractivity contribution >= 4 is 5.91 Å². The first-order valence-corrected chi connectivity index (χ1v) is 7.01. The van der Waals surface area contributed by atoms with Crippen LogP contribution in [0.4, 0.5) is 0 Å². The molecule has 1 fully saturated rings. The molecule has 4 heteroatoms. The zero-order valence-corrected chi connectivity index (χ0v) is 11.5. The molecule has 1 heterocycles. The highest BCUT2D eigenvalue weighted by Gasteiger charge is 2.28. The van der Waals surface area contributed by atoms with Gasteiger partial charge in [0.2, 0.25) is 0 Å². The van der Waals surface area contributed by atoms with Gasteiger partial charge in [-0.05, 0) is 31.4 Å². The Hall–Kier alpha value is -1.42. The fourth-order valence-corrected chi connectivity index (χ4v) is 2.59. The maximum absolute atomic E-state index is 12.0. The SMILES string of the molecule is Cc1cncc(C(=O)NCC2(O)CCCCCC2)c1. The van der Waals surface area contributed by atoms with E-state index >= 15 is 0 Å². The molecule has 0 aromatic carbocycles. The lowest BCUT2D eigenvalue weighted by molar-refractivity contribution is 0.0246. The number of amides is 1. The van der Waals surface area contributed by atoms with E-state index in [0.29, 0.717) is 12.1 Å². The number of aromatic nitrogens is 1. The quantitative estimate of drug-likeness (QED) is 0.821. The van der Waals surface area contributed by atoms with Crippen LogP contribution in [-0.2, 0) is 0 Å². The summed E-state index contributed by atoms with van der Waals surface area (Å²) in [6, 6.07) is 1.81. The third kappa shape index (κ3) is 4.03. The summed E-state index contributed by atoms with van der Waals surface area (Å²) in [6.45, 7) is 2.24. The van der Waals surface area contributed by atoms with E-state index in [2.05, 4.69) is 10.3 Å². The minimum Gasteiger partial charge on any atom is -0.388 e. The van der Waals surface area contributed by atoms with Gasteiger partial charge in [-0.2, -0.15) is 0 Å². The zero-order chi connectivity index (χ0) is 13.7. The van der Waals surface area contributed by atoms with Crippen molar-refractivity contribution in [2.24, 2.45) is 0 Å². The van der Waals surface area contributed by atoms with Crippen LogP contribution in [0.5, 0.6) is 0 Å². The molecule has 19 heavy (non-hydrogen) atoms. The fourth-order valence-electron chi connectivity index (χ4n) is 2.59. The second kappa shape index (κ2) is 6.15. The molecule has 0 unspecified atom stereocenters. The molecule has 104 valence electrons. The lowest BCUT2D eigenvalue weighted by Gasteiger charge is -2.26. The number of aliphatic hydroxyl groups is 1. The van der Waals surface area contributed by atoms with E-state index < -0.39 is 5.60 Å². The molecule has 0 bridgehead atoms. The molecule has 0 aliphatic heterocycles. The van der Waals surface area contributed by atoms with Crippen molar-refractivity contribution in [3.63, 3.8) is 0 Å². The van der Waals surface area contributed by atoms with E-state index in [4.69, 9.17) is 0 Å². The van der Waals surface area contributed by atoms with Crippen molar-refractivity contribution in [3.05, 3.63) is 29.6 Å². The second-order valence-electron chi connectivity index (χ2n) is 5.57. The Balaban J connectivity index is 1.92. The Bertz CT molecular complexity index is 438. The van der Waals surface area contributed by atoms with Gasteiger partial charge in [-0.1, -0.05) is 25.7 Å². The van der Waals surface area contributed by atoms with Gasteiger partial charge >= 0.3 is 0 Å².